The highest BCUT2D eigenvalue weighted by molar-refractivity contribution is 6.08. The van der Waals surface area contributed by atoms with Crippen LogP contribution >= 0.6 is 0 Å². The monoisotopic (exact) mass is 439 g/mol. The number of benzene rings is 2. The molecule has 4 aromatic rings. The van der Waals surface area contributed by atoms with Crippen molar-refractivity contribution in [3.63, 3.8) is 0 Å². The number of para-hydroxylation sites is 2. The SMILES string of the molecule is CCC1(C)CCC(c2cccnc2Oc2ccc(C(=O)c3nc4ccccc4[nH]3)cc2)CC1. The maximum Gasteiger partial charge on any atom is 0.228 e. The van der Waals surface area contributed by atoms with E-state index in [9.17, 15) is 4.79 Å². The van der Waals surface area contributed by atoms with Crippen molar-refractivity contribution in [3.8, 4) is 11.6 Å². The Bertz CT molecular complexity index is 1230. The number of carbonyl (C=O) groups excluding carboxylic acids is 1. The quantitative estimate of drug-likeness (QED) is 0.327. The Morgan fingerprint density at radius 2 is 1.82 bits per heavy atom. The van der Waals surface area contributed by atoms with Crippen LogP contribution in [0.25, 0.3) is 11.0 Å². The summed E-state index contributed by atoms with van der Waals surface area (Å²) in [6.45, 7) is 4.69. The number of nitrogens with zero attached hydrogens (tertiary/aromatic N) is 2. The molecule has 0 unspecified atom stereocenters. The first-order chi connectivity index (χ1) is 16.0. The molecule has 0 amide bonds. The predicted octanol–water partition coefficient (Wildman–Crippen LogP) is 7.06. The van der Waals surface area contributed by atoms with Crippen LogP contribution in [0.3, 0.4) is 0 Å². The van der Waals surface area contributed by atoms with E-state index in [1.54, 1.807) is 18.3 Å². The van der Waals surface area contributed by atoms with Gasteiger partial charge in [0, 0.05) is 17.3 Å². The summed E-state index contributed by atoms with van der Waals surface area (Å²) in [5, 5.41) is 0. The van der Waals surface area contributed by atoms with E-state index >= 15 is 0 Å². The molecule has 2 aromatic heterocycles. The number of ketones is 1. The molecule has 0 spiro atoms. The second kappa shape index (κ2) is 8.81. The van der Waals surface area contributed by atoms with Crippen LogP contribution in [0.15, 0.2) is 66.9 Å². The molecule has 0 atom stereocenters. The predicted molar refractivity (Wildman–Crippen MR) is 130 cm³/mol. The lowest BCUT2D eigenvalue weighted by atomic mass is 9.69. The van der Waals surface area contributed by atoms with Crippen molar-refractivity contribution in [2.75, 3.05) is 0 Å². The highest BCUT2D eigenvalue weighted by Crippen LogP contribution is 2.46. The summed E-state index contributed by atoms with van der Waals surface area (Å²) in [6.07, 6.45) is 7.81. The molecule has 0 bridgehead atoms. The van der Waals surface area contributed by atoms with Crippen molar-refractivity contribution < 1.29 is 9.53 Å². The first kappa shape index (κ1) is 21.4. The summed E-state index contributed by atoms with van der Waals surface area (Å²) in [6, 6.07) is 19.0. The molecule has 5 heteroatoms. The molecule has 1 saturated carbocycles. The molecule has 1 N–H and O–H groups in total. The fourth-order valence-corrected chi connectivity index (χ4v) is 4.76. The minimum Gasteiger partial charge on any atom is -0.439 e. The van der Waals surface area contributed by atoms with Gasteiger partial charge in [-0.3, -0.25) is 4.79 Å². The van der Waals surface area contributed by atoms with Crippen LogP contribution in [-0.2, 0) is 0 Å². The normalized spacial score (nSPS) is 20.6. The fourth-order valence-electron chi connectivity index (χ4n) is 4.76. The molecule has 0 radical (unpaired) electrons. The number of aromatic nitrogens is 3. The molecule has 5 nitrogen and oxygen atoms in total. The number of H-pyrrole nitrogens is 1. The summed E-state index contributed by atoms with van der Waals surface area (Å²) >= 11 is 0. The zero-order valence-corrected chi connectivity index (χ0v) is 19.2. The molecular weight excluding hydrogens is 410 g/mol. The summed E-state index contributed by atoms with van der Waals surface area (Å²) in [4.78, 5) is 24.9. The van der Waals surface area contributed by atoms with Crippen LogP contribution < -0.4 is 4.74 Å². The molecule has 5 rings (SSSR count). The van der Waals surface area contributed by atoms with Crippen molar-refractivity contribution >= 4 is 16.8 Å². The molecule has 0 saturated heterocycles. The number of aromatic amines is 1. The number of ether oxygens (including phenoxy) is 1. The Morgan fingerprint density at radius 1 is 1.06 bits per heavy atom. The summed E-state index contributed by atoms with van der Waals surface area (Å²) in [7, 11) is 0. The van der Waals surface area contributed by atoms with E-state index < -0.39 is 0 Å². The van der Waals surface area contributed by atoms with E-state index in [2.05, 4.69) is 34.9 Å². The lowest BCUT2D eigenvalue weighted by Gasteiger charge is -2.37. The van der Waals surface area contributed by atoms with Crippen molar-refractivity contribution in [1.82, 2.24) is 15.0 Å². The Hall–Kier alpha value is -3.47. The highest BCUT2D eigenvalue weighted by Gasteiger charge is 2.31. The van der Waals surface area contributed by atoms with Gasteiger partial charge in [-0.25, -0.2) is 9.97 Å². The number of rotatable bonds is 6. The van der Waals surface area contributed by atoms with Gasteiger partial charge in [0.25, 0.3) is 0 Å². The van der Waals surface area contributed by atoms with E-state index in [1.165, 1.54) is 24.8 Å². The Kier molecular flexibility index (Phi) is 5.71. The number of imidazole rings is 1. The summed E-state index contributed by atoms with van der Waals surface area (Å²) in [5.74, 6) is 2.01. The third-order valence-electron chi connectivity index (χ3n) is 7.22. The van der Waals surface area contributed by atoms with Crippen LogP contribution in [0.2, 0.25) is 0 Å². The maximum atomic E-state index is 12.9. The van der Waals surface area contributed by atoms with Gasteiger partial charge in [0.15, 0.2) is 5.82 Å². The molecule has 168 valence electrons. The average molecular weight is 440 g/mol. The zero-order valence-electron chi connectivity index (χ0n) is 19.2. The van der Waals surface area contributed by atoms with Gasteiger partial charge in [-0.05, 0) is 79.5 Å². The maximum absolute atomic E-state index is 12.9. The van der Waals surface area contributed by atoms with E-state index in [4.69, 9.17) is 4.74 Å². The zero-order chi connectivity index (χ0) is 22.8. The van der Waals surface area contributed by atoms with Crippen molar-refractivity contribution in [2.45, 2.75) is 51.9 Å². The molecular formula is C28H29N3O2. The number of pyridine rings is 1. The summed E-state index contributed by atoms with van der Waals surface area (Å²) < 4.78 is 6.18. The van der Waals surface area contributed by atoms with Crippen LogP contribution in [-0.4, -0.2) is 20.7 Å². The lowest BCUT2D eigenvalue weighted by molar-refractivity contribution is 0.103. The van der Waals surface area contributed by atoms with Crippen molar-refractivity contribution in [3.05, 3.63) is 83.8 Å². The highest BCUT2D eigenvalue weighted by atomic mass is 16.5. The Balaban J connectivity index is 1.31. The van der Waals surface area contributed by atoms with Crippen LogP contribution in [0.4, 0.5) is 0 Å². The van der Waals surface area contributed by atoms with Gasteiger partial charge < -0.3 is 9.72 Å². The molecule has 2 heterocycles. The Morgan fingerprint density at radius 3 is 2.55 bits per heavy atom. The van der Waals surface area contributed by atoms with E-state index in [-0.39, 0.29) is 5.78 Å². The van der Waals surface area contributed by atoms with Crippen molar-refractivity contribution in [2.24, 2.45) is 5.41 Å². The van der Waals surface area contributed by atoms with Gasteiger partial charge in [-0.15, -0.1) is 0 Å². The third-order valence-corrected chi connectivity index (χ3v) is 7.22. The largest absolute Gasteiger partial charge is 0.439 e. The van der Waals surface area contributed by atoms with Crippen molar-refractivity contribution in [1.29, 1.82) is 0 Å². The van der Waals surface area contributed by atoms with Gasteiger partial charge >= 0.3 is 0 Å². The molecule has 0 aliphatic heterocycles. The molecule has 1 aliphatic rings. The van der Waals surface area contributed by atoms with Gasteiger partial charge in [0.2, 0.25) is 11.7 Å². The minimum atomic E-state index is -0.141. The first-order valence-corrected chi connectivity index (χ1v) is 11.8. The number of nitrogens with one attached hydrogen (secondary N) is 1. The smallest absolute Gasteiger partial charge is 0.228 e. The van der Waals surface area contributed by atoms with Crippen LogP contribution in [0, 0.1) is 5.41 Å². The minimum absolute atomic E-state index is 0.141. The standard InChI is InChI=1S/C28H29N3O2/c1-3-28(2)16-14-19(15-17-28)22-7-6-18-29-27(22)33-21-12-10-20(11-13-21)25(32)26-30-23-8-4-5-9-24(23)31-26/h4-13,18-19H,3,14-17H2,1-2H3,(H,30,31). The van der Waals surface area contributed by atoms with Gasteiger partial charge in [-0.2, -0.15) is 0 Å². The van der Waals surface area contributed by atoms with Crippen LogP contribution in [0.1, 0.15) is 73.6 Å². The number of fused-ring (bicyclic) bond motifs is 1. The number of hydrogen-bond donors (Lipinski definition) is 1. The molecule has 2 aromatic carbocycles. The van der Waals surface area contributed by atoms with Crippen LogP contribution in [0.5, 0.6) is 11.6 Å². The lowest BCUT2D eigenvalue weighted by Crippen LogP contribution is -2.23. The molecule has 33 heavy (non-hydrogen) atoms. The first-order valence-electron chi connectivity index (χ1n) is 11.8. The molecule has 1 fully saturated rings. The third kappa shape index (κ3) is 4.40. The molecule has 1 aliphatic carbocycles. The van der Waals surface area contributed by atoms with E-state index in [0.29, 0.717) is 34.4 Å². The van der Waals surface area contributed by atoms with Gasteiger partial charge in [0.1, 0.15) is 5.75 Å². The second-order valence-corrected chi connectivity index (χ2v) is 9.39. The van der Waals surface area contributed by atoms with Gasteiger partial charge in [0.05, 0.1) is 11.0 Å². The second-order valence-electron chi connectivity index (χ2n) is 9.39. The average Bonchev–Trinajstić information content (AvgIpc) is 3.29. The fraction of sp³-hybridized carbons (Fsp3) is 0.321. The van der Waals surface area contributed by atoms with Gasteiger partial charge in [-0.1, -0.05) is 38.5 Å². The number of hydrogen-bond acceptors (Lipinski definition) is 4. The van der Waals surface area contributed by atoms with E-state index in [1.807, 2.05) is 42.5 Å². The van der Waals surface area contributed by atoms with E-state index in [0.717, 1.165) is 23.9 Å². The topological polar surface area (TPSA) is 67.9 Å². The Labute approximate surface area is 194 Å². The number of carbonyl (C=O) groups is 1. The summed E-state index contributed by atoms with van der Waals surface area (Å²) in [5.41, 5.74) is 3.84.